The van der Waals surface area contributed by atoms with Gasteiger partial charge in [0.1, 0.15) is 0 Å². The van der Waals surface area contributed by atoms with Gasteiger partial charge in [-0.1, -0.05) is 114 Å². The van der Waals surface area contributed by atoms with Gasteiger partial charge in [-0.05, 0) is 41.4 Å². The maximum Gasteiger partial charge on any atom is -0.0334 e. The van der Waals surface area contributed by atoms with Crippen LogP contribution in [0.3, 0.4) is 0 Å². The lowest BCUT2D eigenvalue weighted by Crippen LogP contribution is -2.37. The van der Waals surface area contributed by atoms with Crippen molar-refractivity contribution >= 4 is 0 Å². The smallest absolute Gasteiger partial charge is 0.0334 e. The van der Waals surface area contributed by atoms with Crippen LogP contribution in [0.25, 0.3) is 0 Å². The van der Waals surface area contributed by atoms with Gasteiger partial charge in [0.05, 0.1) is 0 Å². The van der Waals surface area contributed by atoms with E-state index in [-0.39, 0.29) is 0 Å². The average Bonchev–Trinajstić information content (AvgIpc) is 2.48. The first-order chi connectivity index (χ1) is 11.3. The first-order valence-corrected chi connectivity index (χ1v) is 11.3. The second-order valence-corrected chi connectivity index (χ2v) is 9.08. The largest absolute Gasteiger partial charge is 0.0654 e. The standard InChI is InChI=1S/C24H50/c1-10-14-18(5)23(19(6)15-11-2)22(9)24(20(7)16-12-3)21(8)17-13-4/h18-24H,10-17H2,1-9H3. The van der Waals surface area contributed by atoms with Crippen LogP contribution in [-0.2, 0) is 0 Å². The summed E-state index contributed by atoms with van der Waals surface area (Å²) in [4.78, 5) is 0. The number of rotatable bonds is 14. The van der Waals surface area contributed by atoms with Gasteiger partial charge in [0.2, 0.25) is 0 Å². The summed E-state index contributed by atoms with van der Waals surface area (Å²) in [5.41, 5.74) is 0. The van der Waals surface area contributed by atoms with Gasteiger partial charge >= 0.3 is 0 Å². The Bertz CT molecular complexity index is 230. The Morgan fingerprint density at radius 1 is 0.417 bits per heavy atom. The molecule has 0 saturated heterocycles. The van der Waals surface area contributed by atoms with Gasteiger partial charge in [0.25, 0.3) is 0 Å². The van der Waals surface area contributed by atoms with E-state index in [9.17, 15) is 0 Å². The zero-order chi connectivity index (χ0) is 18.7. The lowest BCUT2D eigenvalue weighted by atomic mass is 9.62. The molecule has 0 aliphatic heterocycles. The van der Waals surface area contributed by atoms with Crippen LogP contribution in [0.15, 0.2) is 0 Å². The molecule has 0 spiro atoms. The van der Waals surface area contributed by atoms with Crippen molar-refractivity contribution in [2.45, 2.75) is 114 Å². The maximum atomic E-state index is 2.62. The van der Waals surface area contributed by atoms with E-state index in [0.29, 0.717) is 0 Å². The van der Waals surface area contributed by atoms with E-state index < -0.39 is 0 Å². The van der Waals surface area contributed by atoms with Crippen LogP contribution >= 0.6 is 0 Å². The normalized spacial score (nSPS) is 20.9. The second-order valence-electron chi connectivity index (χ2n) is 9.08. The fourth-order valence-electron chi connectivity index (χ4n) is 6.04. The Labute approximate surface area is 155 Å². The van der Waals surface area contributed by atoms with Crippen molar-refractivity contribution in [3.63, 3.8) is 0 Å². The first kappa shape index (κ1) is 24.0. The Hall–Kier alpha value is 0. The topological polar surface area (TPSA) is 0 Å². The van der Waals surface area contributed by atoms with Crippen molar-refractivity contribution in [2.75, 3.05) is 0 Å². The van der Waals surface area contributed by atoms with Crippen LogP contribution in [0.4, 0.5) is 0 Å². The molecule has 0 aromatic carbocycles. The van der Waals surface area contributed by atoms with Crippen molar-refractivity contribution in [2.24, 2.45) is 41.4 Å². The summed E-state index contributed by atoms with van der Waals surface area (Å²) in [7, 11) is 0. The van der Waals surface area contributed by atoms with E-state index in [1.807, 2.05) is 0 Å². The molecule has 24 heavy (non-hydrogen) atoms. The molecule has 0 aromatic rings. The van der Waals surface area contributed by atoms with Crippen molar-refractivity contribution in [3.05, 3.63) is 0 Å². The summed E-state index contributed by atoms with van der Waals surface area (Å²) in [5.74, 6) is 6.14. The lowest BCUT2D eigenvalue weighted by Gasteiger charge is -2.43. The Kier molecular flexibility index (Phi) is 13.2. The zero-order valence-corrected chi connectivity index (χ0v) is 18.7. The fraction of sp³-hybridized carbons (Fsp3) is 1.00. The summed E-state index contributed by atoms with van der Waals surface area (Å²) < 4.78 is 0. The third kappa shape index (κ3) is 7.49. The molecule has 0 bridgehead atoms. The average molecular weight is 339 g/mol. The summed E-state index contributed by atoms with van der Waals surface area (Å²) in [6.45, 7) is 22.2. The minimum atomic E-state index is 0.858. The summed E-state index contributed by atoms with van der Waals surface area (Å²) >= 11 is 0. The molecule has 0 heteroatoms. The molecule has 0 fully saturated rings. The molecule has 0 aliphatic carbocycles. The molecular weight excluding hydrogens is 288 g/mol. The van der Waals surface area contributed by atoms with Gasteiger partial charge in [-0.15, -0.1) is 0 Å². The third-order valence-electron chi connectivity index (χ3n) is 6.82. The zero-order valence-electron chi connectivity index (χ0n) is 18.7. The van der Waals surface area contributed by atoms with Gasteiger partial charge in [0, 0.05) is 0 Å². The van der Waals surface area contributed by atoms with E-state index in [2.05, 4.69) is 62.3 Å². The second kappa shape index (κ2) is 13.2. The SMILES string of the molecule is CCCC(C)C(C(C)CCC)C(C)C(C(C)CCC)C(C)CCC. The molecule has 0 nitrogen and oxygen atoms in total. The minimum absolute atomic E-state index is 0.858. The van der Waals surface area contributed by atoms with E-state index >= 15 is 0 Å². The molecule has 0 heterocycles. The number of hydrogen-bond donors (Lipinski definition) is 0. The molecule has 0 radical (unpaired) electrons. The predicted molar refractivity (Wildman–Crippen MR) is 112 cm³/mol. The highest BCUT2D eigenvalue weighted by Gasteiger charge is 2.37. The van der Waals surface area contributed by atoms with Crippen LogP contribution in [0.2, 0.25) is 0 Å². The maximum absolute atomic E-state index is 2.62. The quantitative estimate of drug-likeness (QED) is 0.297. The molecule has 0 aliphatic rings. The molecule has 0 saturated carbocycles. The van der Waals surface area contributed by atoms with Crippen LogP contribution in [0.1, 0.15) is 114 Å². The Morgan fingerprint density at radius 2 is 0.625 bits per heavy atom. The molecule has 0 rings (SSSR count). The van der Waals surface area contributed by atoms with Gasteiger partial charge in [-0.25, -0.2) is 0 Å². The van der Waals surface area contributed by atoms with E-state index in [4.69, 9.17) is 0 Å². The molecule has 4 atom stereocenters. The molecule has 0 N–H and O–H groups in total. The highest BCUT2D eigenvalue weighted by atomic mass is 14.4. The van der Waals surface area contributed by atoms with Crippen LogP contribution in [-0.4, -0.2) is 0 Å². The lowest BCUT2D eigenvalue weighted by molar-refractivity contribution is 0.0536. The van der Waals surface area contributed by atoms with Crippen molar-refractivity contribution < 1.29 is 0 Å². The molecular formula is C24H50. The van der Waals surface area contributed by atoms with Crippen LogP contribution in [0, 0.1) is 41.4 Å². The molecule has 0 amide bonds. The van der Waals surface area contributed by atoms with E-state index in [1.54, 1.807) is 0 Å². The number of hydrogen-bond acceptors (Lipinski definition) is 0. The van der Waals surface area contributed by atoms with E-state index in [1.165, 1.54) is 51.4 Å². The van der Waals surface area contributed by atoms with Gasteiger partial charge < -0.3 is 0 Å². The predicted octanol–water partition coefficient (Wildman–Crippen LogP) is 8.60. The summed E-state index contributed by atoms with van der Waals surface area (Å²) in [5, 5.41) is 0. The highest BCUT2D eigenvalue weighted by molar-refractivity contribution is 4.85. The van der Waals surface area contributed by atoms with Crippen molar-refractivity contribution in [3.8, 4) is 0 Å². The highest BCUT2D eigenvalue weighted by Crippen LogP contribution is 2.44. The molecule has 146 valence electrons. The van der Waals surface area contributed by atoms with Crippen LogP contribution in [0.5, 0.6) is 0 Å². The summed E-state index contributed by atoms with van der Waals surface area (Å²) in [6.07, 6.45) is 11.0. The van der Waals surface area contributed by atoms with Crippen molar-refractivity contribution in [1.29, 1.82) is 0 Å². The minimum Gasteiger partial charge on any atom is -0.0654 e. The first-order valence-electron chi connectivity index (χ1n) is 11.3. The van der Waals surface area contributed by atoms with Gasteiger partial charge in [0.15, 0.2) is 0 Å². The Balaban J connectivity index is 5.47. The van der Waals surface area contributed by atoms with Crippen molar-refractivity contribution in [1.82, 2.24) is 0 Å². The van der Waals surface area contributed by atoms with Gasteiger partial charge in [-0.3, -0.25) is 0 Å². The Morgan fingerprint density at radius 3 is 0.792 bits per heavy atom. The molecule has 4 unspecified atom stereocenters. The third-order valence-corrected chi connectivity index (χ3v) is 6.82. The molecule has 0 aromatic heterocycles. The fourth-order valence-corrected chi connectivity index (χ4v) is 6.04. The summed E-state index contributed by atoms with van der Waals surface area (Å²) in [6, 6.07) is 0. The monoisotopic (exact) mass is 338 g/mol. The van der Waals surface area contributed by atoms with Gasteiger partial charge in [-0.2, -0.15) is 0 Å². The van der Waals surface area contributed by atoms with E-state index in [0.717, 1.165) is 41.4 Å². The van der Waals surface area contributed by atoms with Crippen LogP contribution < -0.4 is 0 Å².